The van der Waals surface area contributed by atoms with Crippen LogP contribution in [0.4, 0.5) is 5.69 Å². The van der Waals surface area contributed by atoms with Crippen LogP contribution >= 0.6 is 11.6 Å². The molecule has 3 aromatic carbocycles. The summed E-state index contributed by atoms with van der Waals surface area (Å²) in [4.78, 5) is 4.98. The number of hydrogen-bond acceptors (Lipinski definition) is 4. The van der Waals surface area contributed by atoms with Crippen molar-refractivity contribution in [1.82, 2.24) is 4.90 Å². The fourth-order valence-corrected chi connectivity index (χ4v) is 4.45. The number of halogens is 1. The first kappa shape index (κ1) is 22.8. The van der Waals surface area contributed by atoms with Crippen molar-refractivity contribution < 1.29 is 9.47 Å². The van der Waals surface area contributed by atoms with Crippen LogP contribution in [0.1, 0.15) is 16.7 Å². The van der Waals surface area contributed by atoms with E-state index in [4.69, 9.17) is 21.1 Å². The van der Waals surface area contributed by atoms with Gasteiger partial charge in [0.05, 0.1) is 25.9 Å². The topological polar surface area (TPSA) is 24.9 Å². The van der Waals surface area contributed by atoms with E-state index in [-0.39, 0.29) is 6.04 Å². The van der Waals surface area contributed by atoms with Crippen molar-refractivity contribution in [2.45, 2.75) is 25.8 Å². The summed E-state index contributed by atoms with van der Waals surface area (Å²) in [6, 6.07) is 27.5. The molecule has 5 heteroatoms. The van der Waals surface area contributed by atoms with Gasteiger partial charge in [0.1, 0.15) is 0 Å². The summed E-state index contributed by atoms with van der Waals surface area (Å²) in [5, 5.41) is 0.746. The maximum Gasteiger partial charge on any atom is 0.0728 e. The number of ether oxygens (including phenoxy) is 2. The molecule has 1 aliphatic heterocycles. The van der Waals surface area contributed by atoms with Crippen LogP contribution in [0.2, 0.25) is 5.02 Å². The van der Waals surface area contributed by atoms with Gasteiger partial charge in [-0.05, 0) is 34.9 Å². The average molecular weight is 451 g/mol. The van der Waals surface area contributed by atoms with Gasteiger partial charge in [-0.2, -0.15) is 0 Å². The van der Waals surface area contributed by atoms with E-state index in [1.54, 1.807) is 7.11 Å². The van der Waals surface area contributed by atoms with E-state index in [1.165, 1.54) is 16.8 Å². The summed E-state index contributed by atoms with van der Waals surface area (Å²) in [6.45, 7) is 5.66. The van der Waals surface area contributed by atoms with Gasteiger partial charge in [0, 0.05) is 44.0 Å². The van der Waals surface area contributed by atoms with Crippen LogP contribution in [0.3, 0.4) is 0 Å². The molecule has 0 saturated carbocycles. The minimum atomic E-state index is 0.257. The summed E-state index contributed by atoms with van der Waals surface area (Å²) >= 11 is 6.38. The van der Waals surface area contributed by atoms with E-state index in [0.717, 1.165) is 36.8 Å². The molecule has 1 fully saturated rings. The second-order valence-electron chi connectivity index (χ2n) is 8.28. The van der Waals surface area contributed by atoms with E-state index < -0.39 is 0 Å². The third-order valence-corrected chi connectivity index (χ3v) is 6.27. The average Bonchev–Trinajstić information content (AvgIpc) is 2.82. The van der Waals surface area contributed by atoms with Gasteiger partial charge in [0.25, 0.3) is 0 Å². The molecule has 0 aliphatic carbocycles. The van der Waals surface area contributed by atoms with Gasteiger partial charge in [-0.3, -0.25) is 4.90 Å². The molecule has 168 valence electrons. The lowest BCUT2D eigenvalue weighted by Crippen LogP contribution is -2.54. The second-order valence-corrected chi connectivity index (χ2v) is 8.68. The summed E-state index contributed by atoms with van der Waals surface area (Å²) in [6.07, 6.45) is 0. The van der Waals surface area contributed by atoms with Gasteiger partial charge in [-0.25, -0.2) is 0 Å². The van der Waals surface area contributed by atoms with Crippen LogP contribution in [0.5, 0.6) is 0 Å². The molecule has 1 heterocycles. The molecular weight excluding hydrogens is 420 g/mol. The third kappa shape index (κ3) is 6.11. The quantitative estimate of drug-likeness (QED) is 0.436. The zero-order valence-electron chi connectivity index (χ0n) is 18.6. The highest BCUT2D eigenvalue weighted by molar-refractivity contribution is 6.31. The van der Waals surface area contributed by atoms with Crippen molar-refractivity contribution >= 4 is 17.3 Å². The molecule has 4 nitrogen and oxygen atoms in total. The van der Waals surface area contributed by atoms with Crippen molar-refractivity contribution in [1.29, 1.82) is 0 Å². The maximum atomic E-state index is 6.38. The molecule has 32 heavy (non-hydrogen) atoms. The Morgan fingerprint density at radius 1 is 0.875 bits per heavy atom. The highest BCUT2D eigenvalue weighted by atomic mass is 35.5. The van der Waals surface area contributed by atoms with E-state index in [0.29, 0.717) is 19.8 Å². The Bertz CT molecular complexity index is 968. The summed E-state index contributed by atoms with van der Waals surface area (Å²) in [7, 11) is 1.70. The maximum absolute atomic E-state index is 6.38. The number of methoxy groups -OCH3 is 1. The molecule has 1 atom stereocenters. The Balaban J connectivity index is 1.48. The first-order valence-electron chi connectivity index (χ1n) is 11.1. The minimum absolute atomic E-state index is 0.257. The molecule has 3 aromatic rings. The smallest absolute Gasteiger partial charge is 0.0728 e. The lowest BCUT2D eigenvalue weighted by molar-refractivity contribution is 0.0817. The Labute approximate surface area is 196 Å². The number of nitrogens with zero attached hydrogens (tertiary/aromatic N) is 2. The van der Waals surface area contributed by atoms with Gasteiger partial charge in [-0.15, -0.1) is 0 Å². The first-order chi connectivity index (χ1) is 15.7. The third-order valence-electron chi connectivity index (χ3n) is 5.90. The number of piperazine rings is 1. The molecule has 1 aliphatic rings. The molecule has 0 unspecified atom stereocenters. The van der Waals surface area contributed by atoms with E-state index in [1.807, 2.05) is 12.1 Å². The van der Waals surface area contributed by atoms with Gasteiger partial charge < -0.3 is 14.4 Å². The zero-order valence-corrected chi connectivity index (χ0v) is 19.4. The molecule has 0 aromatic heterocycles. The Hall–Kier alpha value is -2.37. The lowest BCUT2D eigenvalue weighted by atomic mass is 10.1. The van der Waals surface area contributed by atoms with Crippen LogP contribution in [0.25, 0.3) is 0 Å². The Morgan fingerprint density at radius 3 is 2.31 bits per heavy atom. The fourth-order valence-electron chi connectivity index (χ4n) is 4.28. The summed E-state index contributed by atoms with van der Waals surface area (Å²) < 4.78 is 11.5. The largest absolute Gasteiger partial charge is 0.380 e. The van der Waals surface area contributed by atoms with E-state index in [2.05, 4.69) is 76.5 Å². The van der Waals surface area contributed by atoms with Crippen molar-refractivity contribution in [2.24, 2.45) is 0 Å². The minimum Gasteiger partial charge on any atom is -0.380 e. The summed E-state index contributed by atoms with van der Waals surface area (Å²) in [5.74, 6) is 0. The molecule has 0 N–H and O–H groups in total. The van der Waals surface area contributed by atoms with Gasteiger partial charge in [0.2, 0.25) is 0 Å². The molecule has 0 radical (unpaired) electrons. The van der Waals surface area contributed by atoms with Crippen LogP contribution in [-0.4, -0.2) is 44.3 Å². The van der Waals surface area contributed by atoms with Crippen molar-refractivity contribution in [3.05, 3.63) is 101 Å². The zero-order chi connectivity index (χ0) is 22.2. The summed E-state index contributed by atoms with van der Waals surface area (Å²) in [5.41, 5.74) is 4.74. The SMILES string of the molecule is COCc1cc(N2CCN(Cc3ccccc3)C[C@@H]2COCc2ccccc2)ccc1Cl. The first-order valence-corrected chi connectivity index (χ1v) is 11.5. The van der Waals surface area contributed by atoms with Gasteiger partial charge >= 0.3 is 0 Å². The van der Waals surface area contributed by atoms with E-state index >= 15 is 0 Å². The van der Waals surface area contributed by atoms with Gasteiger partial charge in [-0.1, -0.05) is 72.3 Å². The molecular formula is C27H31ClN2O2. The van der Waals surface area contributed by atoms with Crippen molar-refractivity contribution in [3.63, 3.8) is 0 Å². The van der Waals surface area contributed by atoms with Crippen molar-refractivity contribution in [3.8, 4) is 0 Å². The van der Waals surface area contributed by atoms with E-state index in [9.17, 15) is 0 Å². The molecule has 0 amide bonds. The Morgan fingerprint density at radius 2 is 1.59 bits per heavy atom. The number of rotatable bonds is 9. The molecule has 0 spiro atoms. The highest BCUT2D eigenvalue weighted by Gasteiger charge is 2.28. The predicted molar refractivity (Wildman–Crippen MR) is 131 cm³/mol. The van der Waals surface area contributed by atoms with Crippen LogP contribution in [0.15, 0.2) is 78.9 Å². The standard InChI is InChI=1S/C27H31ClN2O2/c1-31-20-24-16-25(12-13-27(24)28)30-15-14-29(17-22-8-4-2-5-9-22)18-26(30)21-32-19-23-10-6-3-7-11-23/h2-13,16,26H,14-15,17-21H2,1H3/t26-/m1/s1. The fraction of sp³-hybridized carbons (Fsp3) is 0.333. The molecule has 4 rings (SSSR count). The molecule has 1 saturated heterocycles. The van der Waals surface area contributed by atoms with Crippen LogP contribution < -0.4 is 4.90 Å². The second kappa shape index (κ2) is 11.5. The number of anilines is 1. The van der Waals surface area contributed by atoms with Crippen molar-refractivity contribution in [2.75, 3.05) is 38.3 Å². The Kier molecular flexibility index (Phi) is 8.18. The predicted octanol–water partition coefficient (Wildman–Crippen LogP) is 5.39. The number of hydrogen-bond donors (Lipinski definition) is 0. The highest BCUT2D eigenvalue weighted by Crippen LogP contribution is 2.27. The lowest BCUT2D eigenvalue weighted by Gasteiger charge is -2.43. The number of benzene rings is 3. The normalized spacial score (nSPS) is 16.9. The monoisotopic (exact) mass is 450 g/mol. The van der Waals surface area contributed by atoms with Gasteiger partial charge in [0.15, 0.2) is 0 Å². The molecule has 0 bridgehead atoms. The van der Waals surface area contributed by atoms with Crippen LogP contribution in [-0.2, 0) is 29.2 Å². The van der Waals surface area contributed by atoms with Crippen LogP contribution in [0, 0.1) is 0 Å².